The van der Waals surface area contributed by atoms with Crippen molar-refractivity contribution in [1.29, 1.82) is 0 Å². The maximum Gasteiger partial charge on any atom is 0.411 e. The van der Waals surface area contributed by atoms with Crippen molar-refractivity contribution in [2.24, 2.45) is 5.92 Å². The summed E-state index contributed by atoms with van der Waals surface area (Å²) >= 11 is 0. The number of carbonyl (C=O) groups is 3. The number of benzene rings is 1. The summed E-state index contributed by atoms with van der Waals surface area (Å²) in [5, 5.41) is 0. The molecule has 1 amide bonds. The Morgan fingerprint density at radius 3 is 2.68 bits per heavy atom. The number of Topliss-reactive ketones (excluding diaryl/α,β-unsaturated/α-hetero) is 1. The lowest BCUT2D eigenvalue weighted by atomic mass is 9.84. The topological polar surface area (TPSA) is 72.9 Å². The van der Waals surface area contributed by atoms with Gasteiger partial charge in [0.2, 0.25) is 0 Å². The first kappa shape index (κ1) is 17.5. The second-order valence-electron chi connectivity index (χ2n) is 6.56. The first-order valence-corrected chi connectivity index (χ1v) is 8.77. The molecule has 0 bridgehead atoms. The van der Waals surface area contributed by atoms with Gasteiger partial charge in [-0.3, -0.25) is 9.69 Å². The molecule has 134 valence electrons. The third-order valence-corrected chi connectivity index (χ3v) is 4.95. The quantitative estimate of drug-likeness (QED) is 0.785. The van der Waals surface area contributed by atoms with Crippen LogP contribution in [-0.2, 0) is 25.7 Å². The molecule has 0 radical (unpaired) electrons. The molecule has 1 saturated carbocycles. The summed E-state index contributed by atoms with van der Waals surface area (Å²) in [6, 6.07) is 8.61. The Labute approximate surface area is 147 Å². The largest absolute Gasteiger partial charge is 0.464 e. The molecule has 3 rings (SSSR count). The summed E-state index contributed by atoms with van der Waals surface area (Å²) in [6.07, 6.45) is 1.40. The average Bonchev–Trinajstić information content (AvgIpc) is 2.99. The van der Waals surface area contributed by atoms with Crippen LogP contribution in [0.3, 0.4) is 0 Å². The number of likely N-dealkylation sites (tertiary alicyclic amines) is 1. The molecule has 1 heterocycles. The van der Waals surface area contributed by atoms with Crippen LogP contribution in [0, 0.1) is 5.92 Å². The number of ether oxygens (including phenoxy) is 2. The van der Waals surface area contributed by atoms with Crippen molar-refractivity contribution in [1.82, 2.24) is 4.90 Å². The van der Waals surface area contributed by atoms with Gasteiger partial charge < -0.3 is 9.47 Å². The molecule has 1 aliphatic heterocycles. The zero-order chi connectivity index (χ0) is 17.8. The van der Waals surface area contributed by atoms with Gasteiger partial charge >= 0.3 is 12.1 Å². The van der Waals surface area contributed by atoms with E-state index in [4.69, 9.17) is 9.47 Å². The predicted molar refractivity (Wildman–Crippen MR) is 89.6 cm³/mol. The second kappa shape index (κ2) is 7.68. The van der Waals surface area contributed by atoms with E-state index in [1.54, 1.807) is 6.92 Å². The molecule has 6 nitrogen and oxygen atoms in total. The van der Waals surface area contributed by atoms with Gasteiger partial charge in [-0.1, -0.05) is 30.3 Å². The molecular formula is C19H23NO5. The van der Waals surface area contributed by atoms with Crippen molar-refractivity contribution >= 4 is 17.8 Å². The molecule has 6 heteroatoms. The van der Waals surface area contributed by atoms with Gasteiger partial charge in [-0.2, -0.15) is 0 Å². The normalized spacial score (nSPS) is 25.4. The SMILES string of the molecule is CCOC(=O)[C@H]1C[C@@H]2CC(=O)CC[C@H]2N1C(=O)OCc1ccccc1. The van der Waals surface area contributed by atoms with E-state index < -0.39 is 18.1 Å². The van der Waals surface area contributed by atoms with E-state index in [9.17, 15) is 14.4 Å². The highest BCUT2D eigenvalue weighted by Gasteiger charge is 2.50. The number of esters is 1. The number of ketones is 1. The average molecular weight is 345 g/mol. The van der Waals surface area contributed by atoms with Crippen LogP contribution in [0.4, 0.5) is 4.79 Å². The Morgan fingerprint density at radius 1 is 1.20 bits per heavy atom. The fourth-order valence-electron chi connectivity index (χ4n) is 3.82. The molecule has 0 spiro atoms. The van der Waals surface area contributed by atoms with E-state index in [0.717, 1.165) is 5.56 Å². The number of hydrogen-bond donors (Lipinski definition) is 0. The Hall–Kier alpha value is -2.37. The summed E-state index contributed by atoms with van der Waals surface area (Å²) in [5.74, 6) is -0.204. The lowest BCUT2D eigenvalue weighted by Crippen LogP contribution is -2.47. The molecule has 2 aliphatic rings. The minimum atomic E-state index is -0.663. The van der Waals surface area contributed by atoms with Gasteiger partial charge in [0.25, 0.3) is 0 Å². The zero-order valence-electron chi connectivity index (χ0n) is 14.3. The molecule has 0 aromatic heterocycles. The monoisotopic (exact) mass is 345 g/mol. The van der Waals surface area contributed by atoms with Crippen LogP contribution in [0.25, 0.3) is 0 Å². The van der Waals surface area contributed by atoms with E-state index in [0.29, 0.717) is 25.7 Å². The Morgan fingerprint density at radius 2 is 1.96 bits per heavy atom. The first-order valence-electron chi connectivity index (χ1n) is 8.77. The maximum absolute atomic E-state index is 12.7. The lowest BCUT2D eigenvalue weighted by molar-refractivity contribution is -0.148. The van der Waals surface area contributed by atoms with E-state index in [-0.39, 0.29) is 31.0 Å². The molecule has 0 unspecified atom stereocenters. The summed E-state index contributed by atoms with van der Waals surface area (Å²) in [4.78, 5) is 38.2. The molecular weight excluding hydrogens is 322 g/mol. The number of fused-ring (bicyclic) bond motifs is 1. The van der Waals surface area contributed by atoms with Crippen molar-refractivity contribution in [3.05, 3.63) is 35.9 Å². The van der Waals surface area contributed by atoms with Crippen molar-refractivity contribution < 1.29 is 23.9 Å². The van der Waals surface area contributed by atoms with Crippen LogP contribution in [0.1, 0.15) is 38.2 Å². The highest BCUT2D eigenvalue weighted by Crippen LogP contribution is 2.39. The fourth-order valence-corrected chi connectivity index (χ4v) is 3.82. The van der Waals surface area contributed by atoms with Gasteiger partial charge in [0.1, 0.15) is 18.4 Å². The Balaban J connectivity index is 1.73. The minimum Gasteiger partial charge on any atom is -0.464 e. The van der Waals surface area contributed by atoms with Crippen molar-refractivity contribution in [2.45, 2.75) is 51.3 Å². The molecule has 3 atom stereocenters. The molecule has 2 fully saturated rings. The lowest BCUT2D eigenvalue weighted by Gasteiger charge is -2.32. The van der Waals surface area contributed by atoms with Crippen LogP contribution in [0.5, 0.6) is 0 Å². The molecule has 1 aromatic carbocycles. The third kappa shape index (κ3) is 3.83. The zero-order valence-corrected chi connectivity index (χ0v) is 14.3. The standard InChI is InChI=1S/C19H23NO5/c1-2-24-18(22)17-11-14-10-15(21)8-9-16(14)20(17)19(23)25-12-13-6-4-3-5-7-13/h3-7,14,16-17H,2,8-12H2,1H3/t14-,16+,17+/m0/s1. The van der Waals surface area contributed by atoms with E-state index in [2.05, 4.69) is 0 Å². The van der Waals surface area contributed by atoms with Crippen LogP contribution >= 0.6 is 0 Å². The Kier molecular flexibility index (Phi) is 5.36. The van der Waals surface area contributed by atoms with Crippen molar-refractivity contribution in [3.8, 4) is 0 Å². The van der Waals surface area contributed by atoms with Crippen LogP contribution in [0.15, 0.2) is 30.3 Å². The molecule has 1 aliphatic carbocycles. The molecule has 0 N–H and O–H groups in total. The number of nitrogens with zero attached hydrogens (tertiary/aromatic N) is 1. The van der Waals surface area contributed by atoms with Gasteiger partial charge in [0.05, 0.1) is 6.61 Å². The van der Waals surface area contributed by atoms with Gasteiger partial charge in [-0.05, 0) is 31.2 Å². The van der Waals surface area contributed by atoms with Gasteiger partial charge in [-0.25, -0.2) is 9.59 Å². The highest BCUT2D eigenvalue weighted by molar-refractivity contribution is 5.84. The molecule has 1 aromatic rings. The number of carbonyl (C=O) groups excluding carboxylic acids is 3. The Bertz CT molecular complexity index is 644. The maximum atomic E-state index is 12.7. The van der Waals surface area contributed by atoms with Crippen molar-refractivity contribution in [3.63, 3.8) is 0 Å². The molecule has 25 heavy (non-hydrogen) atoms. The van der Waals surface area contributed by atoms with Gasteiger partial charge in [-0.15, -0.1) is 0 Å². The fraction of sp³-hybridized carbons (Fsp3) is 0.526. The van der Waals surface area contributed by atoms with Crippen LogP contribution in [0.2, 0.25) is 0 Å². The molecule has 1 saturated heterocycles. The number of hydrogen-bond acceptors (Lipinski definition) is 5. The highest BCUT2D eigenvalue weighted by atomic mass is 16.6. The summed E-state index contributed by atoms with van der Waals surface area (Å²) in [6.45, 7) is 2.15. The summed E-state index contributed by atoms with van der Waals surface area (Å²) < 4.78 is 10.6. The summed E-state index contributed by atoms with van der Waals surface area (Å²) in [5.41, 5.74) is 0.887. The number of amides is 1. The summed E-state index contributed by atoms with van der Waals surface area (Å²) in [7, 11) is 0. The van der Waals surface area contributed by atoms with Crippen LogP contribution < -0.4 is 0 Å². The third-order valence-electron chi connectivity index (χ3n) is 4.95. The number of rotatable bonds is 4. The second-order valence-corrected chi connectivity index (χ2v) is 6.56. The minimum absolute atomic E-state index is 0.0138. The van der Waals surface area contributed by atoms with Gasteiger partial charge in [0, 0.05) is 18.9 Å². The van der Waals surface area contributed by atoms with E-state index >= 15 is 0 Å². The smallest absolute Gasteiger partial charge is 0.411 e. The van der Waals surface area contributed by atoms with Gasteiger partial charge in [0.15, 0.2) is 0 Å². The van der Waals surface area contributed by atoms with Crippen LogP contribution in [-0.4, -0.2) is 41.4 Å². The first-order chi connectivity index (χ1) is 12.1. The van der Waals surface area contributed by atoms with Crippen molar-refractivity contribution in [2.75, 3.05) is 6.61 Å². The van der Waals surface area contributed by atoms with E-state index in [1.807, 2.05) is 30.3 Å². The predicted octanol–water partition coefficient (Wildman–Crippen LogP) is 2.70. The van der Waals surface area contributed by atoms with E-state index in [1.165, 1.54) is 4.90 Å².